The zero-order chi connectivity index (χ0) is 22.9. The topological polar surface area (TPSA) is 50.5 Å². The van der Waals surface area contributed by atoms with Gasteiger partial charge in [0.2, 0.25) is 0 Å². The van der Waals surface area contributed by atoms with Gasteiger partial charge < -0.3 is 19.4 Å². The Kier molecular flexibility index (Phi) is 5.98. The first-order chi connectivity index (χ1) is 16.0. The van der Waals surface area contributed by atoms with Crippen LogP contribution in [-0.4, -0.2) is 17.2 Å². The van der Waals surface area contributed by atoms with Gasteiger partial charge in [-0.2, -0.15) is 0 Å². The summed E-state index contributed by atoms with van der Waals surface area (Å²) in [4.78, 5) is 6.60. The van der Waals surface area contributed by atoms with Crippen LogP contribution in [0.15, 0.2) is 83.4 Å². The molecule has 1 N–H and O–H groups in total. The van der Waals surface area contributed by atoms with Crippen LogP contribution in [0.2, 0.25) is 10.0 Å². The average molecular weight is 496 g/mol. The first-order valence-corrected chi connectivity index (χ1v) is 11.4. The molecule has 2 aromatic heterocycles. The summed E-state index contributed by atoms with van der Waals surface area (Å²) in [5.74, 6) is 2.11. The van der Waals surface area contributed by atoms with E-state index in [4.69, 9.17) is 44.6 Å². The van der Waals surface area contributed by atoms with Gasteiger partial charge >= 0.3 is 0 Å². The van der Waals surface area contributed by atoms with Crippen molar-refractivity contribution >= 4 is 46.2 Å². The Labute approximate surface area is 206 Å². The number of furan rings is 1. The quantitative estimate of drug-likeness (QED) is 0.306. The smallest absolute Gasteiger partial charge is 0.174 e. The molecule has 1 fully saturated rings. The number of hydrogen-bond donors (Lipinski definition) is 1. The summed E-state index contributed by atoms with van der Waals surface area (Å²) in [6.45, 7) is 0. The average Bonchev–Trinajstić information content (AvgIpc) is 3.44. The van der Waals surface area contributed by atoms with Crippen molar-refractivity contribution in [3.05, 3.63) is 100 Å². The lowest BCUT2D eigenvalue weighted by molar-refractivity contribution is 0.414. The maximum atomic E-state index is 6.43. The summed E-state index contributed by atoms with van der Waals surface area (Å²) in [7, 11) is 1.64. The van der Waals surface area contributed by atoms with E-state index in [1.165, 1.54) is 0 Å². The number of nitrogens with zero attached hydrogens (tertiary/aromatic N) is 2. The Bertz CT molecular complexity index is 1310. The molecular weight excluding hydrogens is 477 g/mol. The van der Waals surface area contributed by atoms with Gasteiger partial charge in [-0.3, -0.25) is 4.98 Å². The van der Waals surface area contributed by atoms with Crippen molar-refractivity contribution in [3.8, 4) is 17.1 Å². The number of thiocarbonyl (C=S) groups is 1. The van der Waals surface area contributed by atoms with Gasteiger partial charge in [0.1, 0.15) is 23.3 Å². The van der Waals surface area contributed by atoms with Gasteiger partial charge in [0.25, 0.3) is 0 Å². The Balaban J connectivity index is 1.61. The second-order valence-corrected chi connectivity index (χ2v) is 8.75. The van der Waals surface area contributed by atoms with Crippen molar-refractivity contribution in [3.63, 3.8) is 0 Å². The van der Waals surface area contributed by atoms with E-state index in [2.05, 4.69) is 10.3 Å². The summed E-state index contributed by atoms with van der Waals surface area (Å²) < 4.78 is 11.8. The molecule has 2 atom stereocenters. The molecule has 0 spiro atoms. The van der Waals surface area contributed by atoms with Crippen LogP contribution in [0.25, 0.3) is 11.3 Å². The highest BCUT2D eigenvalue weighted by atomic mass is 35.5. The van der Waals surface area contributed by atoms with E-state index in [0.29, 0.717) is 20.9 Å². The van der Waals surface area contributed by atoms with Gasteiger partial charge in [-0.1, -0.05) is 35.3 Å². The third-order valence-electron chi connectivity index (χ3n) is 5.54. The number of anilines is 1. The van der Waals surface area contributed by atoms with Crippen molar-refractivity contribution in [1.29, 1.82) is 0 Å². The van der Waals surface area contributed by atoms with Crippen LogP contribution in [0.3, 0.4) is 0 Å². The van der Waals surface area contributed by atoms with Crippen LogP contribution in [0.1, 0.15) is 23.5 Å². The highest BCUT2D eigenvalue weighted by molar-refractivity contribution is 7.80. The van der Waals surface area contributed by atoms with E-state index in [1.807, 2.05) is 65.6 Å². The molecule has 1 aliphatic heterocycles. The second kappa shape index (κ2) is 9.06. The standard InChI is InChI=1S/C25H19Cl2N3O2S/c1-31-17-6-4-5-16(14-17)30-24(23(29-25(30)33)20-7-2-3-12-28-20)22-11-10-21(32-22)18-9-8-15(26)13-19(18)27/h2-14,23-24H,1H3,(H,29,33)/t23-,24+/m0/s1. The van der Waals surface area contributed by atoms with Gasteiger partial charge in [-0.05, 0) is 66.8 Å². The lowest BCUT2D eigenvalue weighted by Gasteiger charge is -2.26. The molecular formula is C25H19Cl2N3O2S. The number of methoxy groups -OCH3 is 1. The number of aromatic nitrogens is 1. The Hall–Kier alpha value is -3.06. The predicted molar refractivity (Wildman–Crippen MR) is 135 cm³/mol. The van der Waals surface area contributed by atoms with Gasteiger partial charge in [-0.15, -0.1) is 0 Å². The van der Waals surface area contributed by atoms with Gasteiger partial charge in [0, 0.05) is 28.5 Å². The summed E-state index contributed by atoms with van der Waals surface area (Å²) in [6.07, 6.45) is 1.77. The molecule has 5 rings (SSSR count). The lowest BCUT2D eigenvalue weighted by atomic mass is 10.0. The van der Waals surface area contributed by atoms with E-state index < -0.39 is 0 Å². The van der Waals surface area contributed by atoms with E-state index in [-0.39, 0.29) is 12.1 Å². The summed E-state index contributed by atoms with van der Waals surface area (Å²) in [6, 6.07) is 22.3. The minimum absolute atomic E-state index is 0.218. The molecule has 0 saturated carbocycles. The summed E-state index contributed by atoms with van der Waals surface area (Å²) >= 11 is 18.3. The van der Waals surface area contributed by atoms with E-state index >= 15 is 0 Å². The molecule has 3 heterocycles. The fraction of sp³-hybridized carbons (Fsp3) is 0.120. The minimum Gasteiger partial charge on any atom is -0.497 e. The molecule has 0 bridgehead atoms. The Morgan fingerprint density at radius 3 is 2.67 bits per heavy atom. The zero-order valence-electron chi connectivity index (χ0n) is 17.5. The van der Waals surface area contributed by atoms with Crippen LogP contribution >= 0.6 is 35.4 Å². The number of ether oxygens (including phenoxy) is 1. The van der Waals surface area contributed by atoms with Crippen LogP contribution in [-0.2, 0) is 0 Å². The largest absolute Gasteiger partial charge is 0.497 e. The number of halogens is 2. The van der Waals surface area contributed by atoms with Crippen molar-refractivity contribution in [1.82, 2.24) is 10.3 Å². The molecule has 1 saturated heterocycles. The van der Waals surface area contributed by atoms with Crippen molar-refractivity contribution < 1.29 is 9.15 Å². The number of hydrogen-bond acceptors (Lipinski definition) is 4. The molecule has 0 amide bonds. The fourth-order valence-electron chi connectivity index (χ4n) is 4.03. The van der Waals surface area contributed by atoms with Crippen LogP contribution < -0.4 is 15.0 Å². The third kappa shape index (κ3) is 4.17. The van der Waals surface area contributed by atoms with Crippen LogP contribution in [0, 0.1) is 0 Å². The van der Waals surface area contributed by atoms with E-state index in [9.17, 15) is 0 Å². The molecule has 2 aromatic carbocycles. The maximum absolute atomic E-state index is 6.43. The highest BCUT2D eigenvalue weighted by Gasteiger charge is 2.42. The van der Waals surface area contributed by atoms with Crippen molar-refractivity contribution in [2.75, 3.05) is 12.0 Å². The first-order valence-electron chi connectivity index (χ1n) is 10.2. The molecule has 1 aliphatic rings. The van der Waals surface area contributed by atoms with Crippen molar-refractivity contribution in [2.24, 2.45) is 0 Å². The number of nitrogens with one attached hydrogen (secondary N) is 1. The Morgan fingerprint density at radius 1 is 1.03 bits per heavy atom. The molecule has 0 aliphatic carbocycles. The zero-order valence-corrected chi connectivity index (χ0v) is 19.9. The molecule has 4 aromatic rings. The first kappa shape index (κ1) is 21.8. The predicted octanol–water partition coefficient (Wildman–Crippen LogP) is 6.83. The normalized spacial score (nSPS) is 17.8. The maximum Gasteiger partial charge on any atom is 0.174 e. The fourth-order valence-corrected chi connectivity index (χ4v) is 4.88. The van der Waals surface area contributed by atoms with Crippen molar-refractivity contribution in [2.45, 2.75) is 12.1 Å². The molecule has 166 valence electrons. The summed E-state index contributed by atoms with van der Waals surface area (Å²) in [5.41, 5.74) is 2.51. The molecule has 5 nitrogen and oxygen atoms in total. The van der Waals surface area contributed by atoms with Gasteiger partial charge in [0.05, 0.1) is 23.9 Å². The SMILES string of the molecule is COc1cccc(N2C(=S)N[C@@H](c3ccccn3)[C@H]2c2ccc(-c3ccc(Cl)cc3Cl)o2)c1. The lowest BCUT2D eigenvalue weighted by Crippen LogP contribution is -2.29. The highest BCUT2D eigenvalue weighted by Crippen LogP contribution is 2.44. The second-order valence-electron chi connectivity index (χ2n) is 7.52. The number of pyridine rings is 1. The van der Waals surface area contributed by atoms with E-state index in [0.717, 1.165) is 28.5 Å². The van der Waals surface area contributed by atoms with E-state index in [1.54, 1.807) is 25.4 Å². The summed E-state index contributed by atoms with van der Waals surface area (Å²) in [5, 5.41) is 5.09. The van der Waals surface area contributed by atoms with Crippen LogP contribution in [0.4, 0.5) is 5.69 Å². The van der Waals surface area contributed by atoms with Gasteiger partial charge in [-0.25, -0.2) is 0 Å². The van der Waals surface area contributed by atoms with Gasteiger partial charge in [0.15, 0.2) is 5.11 Å². The number of benzene rings is 2. The monoisotopic (exact) mass is 495 g/mol. The molecule has 0 unspecified atom stereocenters. The third-order valence-corrected chi connectivity index (χ3v) is 6.41. The Morgan fingerprint density at radius 2 is 1.91 bits per heavy atom. The molecule has 33 heavy (non-hydrogen) atoms. The molecule has 0 radical (unpaired) electrons. The van der Waals surface area contributed by atoms with Crippen LogP contribution in [0.5, 0.6) is 5.75 Å². The minimum atomic E-state index is -0.278. The molecule has 8 heteroatoms. The number of rotatable bonds is 5.